The fourth-order valence-corrected chi connectivity index (χ4v) is 3.42. The van der Waals surface area contributed by atoms with Crippen LogP contribution in [0.2, 0.25) is 5.02 Å². The molecule has 0 aliphatic carbocycles. The second kappa shape index (κ2) is 7.17. The second-order valence-corrected chi connectivity index (χ2v) is 7.37. The first kappa shape index (κ1) is 16.2. The van der Waals surface area contributed by atoms with Gasteiger partial charge < -0.3 is 5.32 Å². The van der Waals surface area contributed by atoms with Crippen LogP contribution in [0.25, 0.3) is 0 Å². The predicted octanol–water partition coefficient (Wildman–Crippen LogP) is 2.49. The molecule has 0 saturated carbocycles. The van der Waals surface area contributed by atoms with Crippen LogP contribution in [0, 0.1) is 0 Å². The van der Waals surface area contributed by atoms with Gasteiger partial charge in [-0.15, -0.1) is 11.3 Å². The van der Waals surface area contributed by atoms with Crippen molar-refractivity contribution in [2.45, 2.75) is 24.8 Å². The van der Waals surface area contributed by atoms with E-state index in [1.54, 1.807) is 11.7 Å². The molecule has 2 aromatic rings. The van der Waals surface area contributed by atoms with Gasteiger partial charge in [0.15, 0.2) is 0 Å². The van der Waals surface area contributed by atoms with E-state index in [1.165, 1.54) is 23.6 Å². The van der Waals surface area contributed by atoms with Gasteiger partial charge in [0.1, 0.15) is 10.7 Å². The van der Waals surface area contributed by atoms with Crippen LogP contribution in [-0.2, 0) is 16.6 Å². The molecule has 0 unspecified atom stereocenters. The summed E-state index contributed by atoms with van der Waals surface area (Å²) in [6.07, 6.45) is 3.84. The van der Waals surface area contributed by atoms with Crippen molar-refractivity contribution in [3.8, 4) is 0 Å². The number of hydrogen-bond donors (Lipinski definition) is 2. The summed E-state index contributed by atoms with van der Waals surface area (Å²) in [4.78, 5) is 8.82. The Kier molecular flexibility index (Phi) is 5.51. The third kappa shape index (κ3) is 4.37. The molecule has 2 aromatic heterocycles. The van der Waals surface area contributed by atoms with Gasteiger partial charge in [0, 0.05) is 30.4 Å². The molecule has 2 N–H and O–H groups in total. The van der Waals surface area contributed by atoms with Crippen molar-refractivity contribution in [1.82, 2.24) is 14.7 Å². The molecule has 0 spiro atoms. The number of sulfonamides is 1. The molecule has 0 aromatic carbocycles. The largest absolute Gasteiger partial charge is 0.369 e. The van der Waals surface area contributed by atoms with Gasteiger partial charge >= 0.3 is 0 Å². The molecule has 0 aliphatic rings. The Bertz CT molecular complexity index is 689. The first-order chi connectivity index (χ1) is 10.0. The number of thiazole rings is 1. The highest BCUT2D eigenvalue weighted by molar-refractivity contribution is 7.89. The maximum absolute atomic E-state index is 12.2. The molecule has 2 rings (SSSR count). The number of anilines is 1. The van der Waals surface area contributed by atoms with Gasteiger partial charge in [-0.3, -0.25) is 4.98 Å². The van der Waals surface area contributed by atoms with Crippen LogP contribution in [0.5, 0.6) is 0 Å². The average Bonchev–Trinajstić information content (AvgIpc) is 2.97. The molecule has 0 amide bonds. The molecule has 9 heteroatoms. The van der Waals surface area contributed by atoms with E-state index in [2.05, 4.69) is 20.0 Å². The number of aromatic nitrogens is 2. The monoisotopic (exact) mass is 346 g/mol. The summed E-state index contributed by atoms with van der Waals surface area (Å²) in [6.45, 7) is 2.94. The minimum atomic E-state index is -3.64. The summed E-state index contributed by atoms with van der Waals surface area (Å²) in [5.74, 6) is 0.486. The third-order valence-electron chi connectivity index (χ3n) is 2.59. The molecule has 6 nitrogen and oxygen atoms in total. The molecule has 0 bridgehead atoms. The lowest BCUT2D eigenvalue weighted by atomic mass is 10.4. The van der Waals surface area contributed by atoms with Crippen LogP contribution in [0.3, 0.4) is 0 Å². The van der Waals surface area contributed by atoms with Crippen molar-refractivity contribution in [1.29, 1.82) is 0 Å². The number of hydrogen-bond acceptors (Lipinski definition) is 6. The summed E-state index contributed by atoms with van der Waals surface area (Å²) in [6, 6.07) is 1.39. The highest BCUT2D eigenvalue weighted by Gasteiger charge is 2.16. The van der Waals surface area contributed by atoms with E-state index in [0.717, 1.165) is 17.8 Å². The van der Waals surface area contributed by atoms with E-state index >= 15 is 0 Å². The number of nitrogens with one attached hydrogen (secondary N) is 2. The molecule has 0 saturated heterocycles. The molecule has 0 atom stereocenters. The Labute approximate surface area is 132 Å². The highest BCUT2D eigenvalue weighted by Crippen LogP contribution is 2.22. The van der Waals surface area contributed by atoms with Crippen LogP contribution in [0.15, 0.2) is 28.9 Å². The van der Waals surface area contributed by atoms with Gasteiger partial charge in [-0.1, -0.05) is 18.5 Å². The maximum atomic E-state index is 12.2. The molecule has 21 heavy (non-hydrogen) atoms. The fraction of sp³-hybridized carbons (Fsp3) is 0.333. The van der Waals surface area contributed by atoms with Crippen LogP contribution in [0.1, 0.15) is 18.2 Å². The van der Waals surface area contributed by atoms with Crippen molar-refractivity contribution in [3.05, 3.63) is 33.9 Å². The molecule has 114 valence electrons. The third-order valence-corrected chi connectivity index (χ3v) is 5.02. The maximum Gasteiger partial charge on any atom is 0.242 e. The summed E-state index contributed by atoms with van der Waals surface area (Å²) in [7, 11) is -3.64. The lowest BCUT2D eigenvalue weighted by molar-refractivity contribution is 0.581. The van der Waals surface area contributed by atoms with Crippen molar-refractivity contribution >= 4 is 38.8 Å². The van der Waals surface area contributed by atoms with Gasteiger partial charge in [0.05, 0.1) is 10.5 Å². The van der Waals surface area contributed by atoms with E-state index in [9.17, 15) is 8.42 Å². The first-order valence-electron chi connectivity index (χ1n) is 6.29. The van der Waals surface area contributed by atoms with Gasteiger partial charge in [0.2, 0.25) is 10.0 Å². The summed E-state index contributed by atoms with van der Waals surface area (Å²) in [5, 5.41) is 3.31. The van der Waals surface area contributed by atoms with Gasteiger partial charge in [-0.2, -0.15) is 0 Å². The topological polar surface area (TPSA) is 84.0 Å². The lowest BCUT2D eigenvalue weighted by Crippen LogP contribution is -2.23. The fourth-order valence-electron chi connectivity index (χ4n) is 1.52. The van der Waals surface area contributed by atoms with Crippen LogP contribution in [0.4, 0.5) is 5.82 Å². The molecule has 0 fully saturated rings. The Morgan fingerprint density at radius 3 is 2.81 bits per heavy atom. The minimum Gasteiger partial charge on any atom is -0.369 e. The normalized spacial score (nSPS) is 11.5. The number of nitrogens with zero attached hydrogens (tertiary/aromatic N) is 2. The van der Waals surface area contributed by atoms with E-state index in [0.29, 0.717) is 5.82 Å². The second-order valence-electron chi connectivity index (χ2n) is 4.22. The summed E-state index contributed by atoms with van der Waals surface area (Å²) in [5.41, 5.74) is 1.65. The smallest absolute Gasteiger partial charge is 0.242 e. The highest BCUT2D eigenvalue weighted by atomic mass is 35.5. The number of rotatable bonds is 7. The number of halogens is 1. The Morgan fingerprint density at radius 2 is 2.19 bits per heavy atom. The molecule has 0 aliphatic heterocycles. The van der Waals surface area contributed by atoms with Crippen molar-refractivity contribution in [2.75, 3.05) is 11.9 Å². The van der Waals surface area contributed by atoms with Crippen molar-refractivity contribution in [2.24, 2.45) is 0 Å². The summed E-state index contributed by atoms with van der Waals surface area (Å²) >= 11 is 7.43. The zero-order valence-corrected chi connectivity index (χ0v) is 13.7. The van der Waals surface area contributed by atoms with E-state index in [-0.39, 0.29) is 16.5 Å². The SMILES string of the molecule is CCCNc1ncc(S(=O)(=O)NCc2cncs2)cc1Cl. The lowest BCUT2D eigenvalue weighted by Gasteiger charge is -2.09. The van der Waals surface area contributed by atoms with E-state index < -0.39 is 10.0 Å². The van der Waals surface area contributed by atoms with E-state index in [1.807, 2.05) is 6.92 Å². The average molecular weight is 347 g/mol. The standard InChI is InChI=1S/C12H15ClN4O2S2/c1-2-3-15-12-11(13)4-10(7-16-12)21(18,19)17-6-9-5-14-8-20-9/h4-5,7-8,17H,2-3,6H2,1H3,(H,15,16). The predicted molar refractivity (Wildman–Crippen MR) is 84.2 cm³/mol. The molecular weight excluding hydrogens is 332 g/mol. The van der Waals surface area contributed by atoms with Crippen molar-refractivity contribution < 1.29 is 8.42 Å². The number of pyridine rings is 1. The Morgan fingerprint density at radius 1 is 1.38 bits per heavy atom. The molecule has 0 radical (unpaired) electrons. The van der Waals surface area contributed by atoms with Gasteiger partial charge in [-0.25, -0.2) is 18.1 Å². The van der Waals surface area contributed by atoms with Gasteiger partial charge in [-0.05, 0) is 12.5 Å². The van der Waals surface area contributed by atoms with Gasteiger partial charge in [0.25, 0.3) is 0 Å². The summed E-state index contributed by atoms with van der Waals surface area (Å²) < 4.78 is 26.8. The van der Waals surface area contributed by atoms with Crippen LogP contribution >= 0.6 is 22.9 Å². The van der Waals surface area contributed by atoms with Crippen LogP contribution < -0.4 is 10.0 Å². The minimum absolute atomic E-state index is 0.0408. The van der Waals surface area contributed by atoms with Crippen molar-refractivity contribution in [3.63, 3.8) is 0 Å². The molecular formula is C12H15ClN4O2S2. The van der Waals surface area contributed by atoms with E-state index in [4.69, 9.17) is 11.6 Å². The first-order valence-corrected chi connectivity index (χ1v) is 9.03. The Hall–Kier alpha value is -1.22. The Balaban J connectivity index is 2.10. The van der Waals surface area contributed by atoms with Crippen LogP contribution in [-0.4, -0.2) is 24.9 Å². The zero-order chi connectivity index (χ0) is 15.3. The zero-order valence-electron chi connectivity index (χ0n) is 11.3. The quantitative estimate of drug-likeness (QED) is 0.804. The molecule has 2 heterocycles.